The molecule has 1 atom stereocenters. The predicted molar refractivity (Wildman–Crippen MR) is 27.4 cm³/mol. The van der Waals surface area contributed by atoms with E-state index in [1.54, 1.807) is 6.08 Å². The fourth-order valence-electron chi connectivity index (χ4n) is 0.0962. The third-order valence-corrected chi connectivity index (χ3v) is 0.744. The summed E-state index contributed by atoms with van der Waals surface area (Å²) in [6, 6.07) is 0.338. The average molecular weight is 84.1 g/mol. The van der Waals surface area contributed by atoms with Crippen LogP contribution in [0.2, 0.25) is 0 Å². The van der Waals surface area contributed by atoms with Gasteiger partial charge in [-0.05, 0) is 14.0 Å². The summed E-state index contributed by atoms with van der Waals surface area (Å²) >= 11 is 0. The standard InChI is InChI=1S/C5H10N/c1-4-5(2)6-3/h1,4-6H,2-3H3. The molecule has 0 bridgehead atoms. The van der Waals surface area contributed by atoms with E-state index in [1.165, 1.54) is 0 Å². The van der Waals surface area contributed by atoms with Gasteiger partial charge in [-0.2, -0.15) is 0 Å². The molecule has 35 valence electrons. The van der Waals surface area contributed by atoms with E-state index in [-0.39, 0.29) is 0 Å². The van der Waals surface area contributed by atoms with E-state index in [0.29, 0.717) is 6.04 Å². The van der Waals surface area contributed by atoms with Gasteiger partial charge in [0.05, 0.1) is 0 Å². The van der Waals surface area contributed by atoms with E-state index in [9.17, 15) is 0 Å². The lowest BCUT2D eigenvalue weighted by atomic mass is 10.3. The highest BCUT2D eigenvalue weighted by Gasteiger charge is 1.81. The van der Waals surface area contributed by atoms with Crippen LogP contribution in [0.1, 0.15) is 6.92 Å². The largest absolute Gasteiger partial charge is 0.314 e. The maximum Gasteiger partial charge on any atom is 0.0221 e. The second-order valence-corrected chi connectivity index (χ2v) is 1.27. The van der Waals surface area contributed by atoms with Crippen LogP contribution in [0.4, 0.5) is 0 Å². The summed E-state index contributed by atoms with van der Waals surface area (Å²) in [6.07, 6.45) is 1.61. The van der Waals surface area contributed by atoms with E-state index in [2.05, 4.69) is 5.32 Å². The molecule has 1 heteroatoms. The molecular weight excluding hydrogens is 74.1 g/mol. The molecule has 0 aliphatic rings. The molecule has 1 unspecified atom stereocenters. The van der Waals surface area contributed by atoms with Crippen molar-refractivity contribution in [2.75, 3.05) is 7.05 Å². The van der Waals surface area contributed by atoms with Crippen LogP contribution >= 0.6 is 0 Å². The van der Waals surface area contributed by atoms with Crippen LogP contribution in [-0.4, -0.2) is 13.1 Å². The number of hydrogen-bond acceptors (Lipinski definition) is 1. The Labute approximate surface area is 39.1 Å². The van der Waals surface area contributed by atoms with Crippen molar-refractivity contribution in [3.63, 3.8) is 0 Å². The highest BCUT2D eigenvalue weighted by atomic mass is 14.8. The fraction of sp³-hybridized carbons (Fsp3) is 0.600. The van der Waals surface area contributed by atoms with Gasteiger partial charge in [0.25, 0.3) is 0 Å². The first kappa shape index (κ1) is 5.70. The van der Waals surface area contributed by atoms with E-state index in [1.807, 2.05) is 14.0 Å². The van der Waals surface area contributed by atoms with Crippen molar-refractivity contribution in [1.29, 1.82) is 0 Å². The van der Waals surface area contributed by atoms with Crippen LogP contribution in [0.15, 0.2) is 6.08 Å². The van der Waals surface area contributed by atoms with Gasteiger partial charge in [-0.15, -0.1) is 0 Å². The first-order valence-corrected chi connectivity index (χ1v) is 2.03. The number of likely N-dealkylation sites (N-methyl/N-ethyl adjacent to an activating group) is 1. The third kappa shape index (κ3) is 1.97. The quantitative estimate of drug-likeness (QED) is 0.516. The summed E-state index contributed by atoms with van der Waals surface area (Å²) in [4.78, 5) is 0. The minimum atomic E-state index is 0.338. The van der Waals surface area contributed by atoms with Gasteiger partial charge in [-0.1, -0.05) is 12.7 Å². The highest BCUT2D eigenvalue weighted by molar-refractivity contribution is 4.76. The van der Waals surface area contributed by atoms with Gasteiger partial charge in [-0.25, -0.2) is 0 Å². The average Bonchev–Trinajstić information content (AvgIpc) is 1.65. The molecule has 0 spiro atoms. The van der Waals surface area contributed by atoms with E-state index in [4.69, 9.17) is 6.58 Å². The normalized spacial score (nSPS) is 13.7. The van der Waals surface area contributed by atoms with Crippen molar-refractivity contribution < 1.29 is 0 Å². The lowest BCUT2D eigenvalue weighted by molar-refractivity contribution is 0.729. The van der Waals surface area contributed by atoms with Crippen LogP contribution in [0.3, 0.4) is 0 Å². The molecule has 0 aliphatic carbocycles. The number of rotatable bonds is 2. The second-order valence-electron chi connectivity index (χ2n) is 1.27. The molecule has 0 aromatic carbocycles. The lowest BCUT2D eigenvalue weighted by Gasteiger charge is -1.97. The molecule has 0 aliphatic heterocycles. The smallest absolute Gasteiger partial charge is 0.0221 e. The van der Waals surface area contributed by atoms with Crippen LogP contribution in [0.5, 0.6) is 0 Å². The van der Waals surface area contributed by atoms with Gasteiger partial charge in [0.1, 0.15) is 0 Å². The summed E-state index contributed by atoms with van der Waals surface area (Å²) in [5.74, 6) is 0. The summed E-state index contributed by atoms with van der Waals surface area (Å²) in [7, 11) is 1.87. The minimum absolute atomic E-state index is 0.338. The van der Waals surface area contributed by atoms with Crippen molar-refractivity contribution in [2.24, 2.45) is 0 Å². The molecule has 6 heavy (non-hydrogen) atoms. The maximum atomic E-state index is 5.10. The second kappa shape index (κ2) is 2.91. The van der Waals surface area contributed by atoms with Crippen LogP contribution in [0.25, 0.3) is 0 Å². The highest BCUT2D eigenvalue weighted by Crippen LogP contribution is 1.73. The molecule has 1 N–H and O–H groups in total. The lowest BCUT2D eigenvalue weighted by Crippen LogP contribution is -2.17. The molecular formula is C5H10N. The van der Waals surface area contributed by atoms with Crippen molar-refractivity contribution in [3.05, 3.63) is 12.7 Å². The Balaban J connectivity index is 2.96. The summed E-state index contributed by atoms with van der Waals surface area (Å²) < 4.78 is 0. The molecule has 0 aromatic rings. The van der Waals surface area contributed by atoms with Crippen molar-refractivity contribution >= 4 is 0 Å². The molecule has 0 fully saturated rings. The van der Waals surface area contributed by atoms with Crippen LogP contribution in [0, 0.1) is 6.58 Å². The van der Waals surface area contributed by atoms with Crippen molar-refractivity contribution in [1.82, 2.24) is 5.32 Å². The van der Waals surface area contributed by atoms with E-state index < -0.39 is 0 Å². The fourth-order valence-corrected chi connectivity index (χ4v) is 0.0962. The zero-order valence-electron chi connectivity index (χ0n) is 4.23. The van der Waals surface area contributed by atoms with E-state index >= 15 is 0 Å². The van der Waals surface area contributed by atoms with Gasteiger partial charge in [0, 0.05) is 6.04 Å². The van der Waals surface area contributed by atoms with Gasteiger partial charge < -0.3 is 5.32 Å². The van der Waals surface area contributed by atoms with E-state index in [0.717, 1.165) is 0 Å². The third-order valence-electron chi connectivity index (χ3n) is 0.744. The van der Waals surface area contributed by atoms with Gasteiger partial charge in [0.2, 0.25) is 0 Å². The Morgan fingerprint density at radius 2 is 2.33 bits per heavy atom. The molecule has 0 saturated heterocycles. The Bertz CT molecular complexity index is 41.2. The van der Waals surface area contributed by atoms with Crippen LogP contribution in [-0.2, 0) is 0 Å². The topological polar surface area (TPSA) is 12.0 Å². The molecule has 1 nitrogen and oxygen atoms in total. The van der Waals surface area contributed by atoms with Gasteiger partial charge in [0.15, 0.2) is 0 Å². The first-order valence-electron chi connectivity index (χ1n) is 2.03. The number of hydrogen-bond donors (Lipinski definition) is 1. The molecule has 0 heterocycles. The summed E-state index contributed by atoms with van der Waals surface area (Å²) in [6.45, 7) is 7.08. The summed E-state index contributed by atoms with van der Waals surface area (Å²) in [5, 5.41) is 2.93. The predicted octanol–water partition coefficient (Wildman–Crippen LogP) is 0.583. The maximum absolute atomic E-state index is 5.10. The van der Waals surface area contributed by atoms with Gasteiger partial charge >= 0.3 is 0 Å². The SMILES string of the molecule is [CH]=CC(C)NC. The molecule has 1 radical (unpaired) electrons. The zero-order chi connectivity index (χ0) is 4.99. The molecule has 0 rings (SSSR count). The summed E-state index contributed by atoms with van der Waals surface area (Å²) in [5.41, 5.74) is 0. The Morgan fingerprint density at radius 1 is 1.83 bits per heavy atom. The Kier molecular flexibility index (Phi) is 2.77. The first-order chi connectivity index (χ1) is 2.81. The molecule has 0 saturated carbocycles. The van der Waals surface area contributed by atoms with Crippen molar-refractivity contribution in [2.45, 2.75) is 13.0 Å². The Hall–Kier alpha value is -0.300. The molecule has 0 aromatic heterocycles. The monoisotopic (exact) mass is 84.1 g/mol. The molecule has 0 amide bonds. The Morgan fingerprint density at radius 3 is 2.33 bits per heavy atom. The zero-order valence-corrected chi connectivity index (χ0v) is 4.23. The van der Waals surface area contributed by atoms with Crippen molar-refractivity contribution in [3.8, 4) is 0 Å². The minimum Gasteiger partial charge on any atom is -0.314 e. The number of nitrogens with one attached hydrogen (secondary N) is 1. The van der Waals surface area contributed by atoms with Gasteiger partial charge in [-0.3, -0.25) is 0 Å². The van der Waals surface area contributed by atoms with Crippen LogP contribution < -0.4 is 5.32 Å².